The Morgan fingerprint density at radius 2 is 2.00 bits per heavy atom. The van der Waals surface area contributed by atoms with Crippen LogP contribution >= 0.6 is 0 Å². The molecule has 0 saturated heterocycles. The first-order valence-corrected chi connectivity index (χ1v) is 7.96. The van der Waals surface area contributed by atoms with Crippen LogP contribution in [0.15, 0.2) is 60.1 Å². The van der Waals surface area contributed by atoms with Gasteiger partial charge in [0.15, 0.2) is 18.5 Å². The fourth-order valence-electron chi connectivity index (χ4n) is 2.34. The van der Waals surface area contributed by atoms with Gasteiger partial charge in [0.05, 0.1) is 10.5 Å². The van der Waals surface area contributed by atoms with Crippen molar-refractivity contribution in [2.24, 2.45) is 0 Å². The number of Topliss-reactive ketones (excluding diaryl/α,β-unsaturated/α-hetero) is 1. The zero-order valence-corrected chi connectivity index (χ0v) is 12.8. The lowest BCUT2D eigenvalue weighted by molar-refractivity contribution is -0.676. The maximum Gasteiger partial charge on any atom is 0.213 e. The molecule has 0 fully saturated rings. The highest BCUT2D eigenvalue weighted by Gasteiger charge is 2.22. The maximum atomic E-state index is 11.9. The summed E-state index contributed by atoms with van der Waals surface area (Å²) in [4.78, 5) is 11.4. The molecule has 1 aromatic heterocycles. The molecule has 5 nitrogen and oxygen atoms in total. The topological polar surface area (TPSA) is 78.2 Å². The molecule has 22 heavy (non-hydrogen) atoms. The first kappa shape index (κ1) is 16.1. The quantitative estimate of drug-likeness (QED) is 0.365. The van der Waals surface area contributed by atoms with Crippen molar-refractivity contribution in [3.63, 3.8) is 0 Å². The Balaban J connectivity index is 2.83. The number of nitrogens with zero attached hydrogens (tertiary/aromatic N) is 1. The van der Waals surface area contributed by atoms with E-state index >= 15 is 0 Å². The van der Waals surface area contributed by atoms with E-state index in [-0.39, 0.29) is 5.56 Å². The SMILES string of the molecule is C=CC[n+]1ccccc1-c1cccc(S(=O)(=O)[O-])c1C(C)=O. The Morgan fingerprint density at radius 1 is 1.27 bits per heavy atom. The third-order valence-corrected chi connectivity index (χ3v) is 4.07. The maximum absolute atomic E-state index is 11.9. The summed E-state index contributed by atoms with van der Waals surface area (Å²) >= 11 is 0. The van der Waals surface area contributed by atoms with Crippen LogP contribution in [0.5, 0.6) is 0 Å². The largest absolute Gasteiger partial charge is 0.744 e. The molecular formula is C16H15NO4S. The Morgan fingerprint density at radius 3 is 2.59 bits per heavy atom. The summed E-state index contributed by atoms with van der Waals surface area (Å²) in [7, 11) is -4.73. The molecule has 2 rings (SSSR count). The summed E-state index contributed by atoms with van der Waals surface area (Å²) in [5.74, 6) is -0.473. The average Bonchev–Trinajstić information content (AvgIpc) is 2.46. The third-order valence-electron chi connectivity index (χ3n) is 3.19. The molecule has 0 spiro atoms. The third kappa shape index (κ3) is 3.13. The molecular weight excluding hydrogens is 302 g/mol. The second-order valence-electron chi connectivity index (χ2n) is 4.72. The number of ketones is 1. The van der Waals surface area contributed by atoms with Crippen LogP contribution < -0.4 is 4.57 Å². The summed E-state index contributed by atoms with van der Waals surface area (Å²) in [5.41, 5.74) is 0.964. The van der Waals surface area contributed by atoms with Crippen LogP contribution in [-0.4, -0.2) is 18.8 Å². The Labute approximate surface area is 129 Å². The number of carbonyl (C=O) groups excluding carboxylic acids is 1. The van der Waals surface area contributed by atoms with Crippen molar-refractivity contribution in [3.05, 3.63) is 60.8 Å². The lowest BCUT2D eigenvalue weighted by Crippen LogP contribution is -2.35. The van der Waals surface area contributed by atoms with Crippen molar-refractivity contribution in [1.82, 2.24) is 0 Å². The number of aromatic nitrogens is 1. The fraction of sp³-hybridized carbons (Fsp3) is 0.125. The van der Waals surface area contributed by atoms with Crippen LogP contribution in [-0.2, 0) is 16.7 Å². The fourth-order valence-corrected chi connectivity index (χ4v) is 3.08. The molecule has 114 valence electrons. The molecule has 0 N–H and O–H groups in total. The second-order valence-corrected chi connectivity index (χ2v) is 6.06. The normalized spacial score (nSPS) is 11.2. The zero-order chi connectivity index (χ0) is 16.3. The van der Waals surface area contributed by atoms with Gasteiger partial charge in [-0.25, -0.2) is 8.42 Å². The van der Waals surface area contributed by atoms with Crippen LogP contribution in [0.4, 0.5) is 0 Å². The van der Waals surface area contributed by atoms with Gasteiger partial charge in [-0.15, -0.1) is 0 Å². The zero-order valence-electron chi connectivity index (χ0n) is 12.0. The van der Waals surface area contributed by atoms with Gasteiger partial charge in [0.25, 0.3) is 0 Å². The summed E-state index contributed by atoms with van der Waals surface area (Å²) in [6, 6.07) is 9.58. The van der Waals surface area contributed by atoms with Gasteiger partial charge in [-0.3, -0.25) is 4.79 Å². The summed E-state index contributed by atoms with van der Waals surface area (Å²) in [5, 5.41) is 0. The molecule has 1 heterocycles. The van der Waals surface area contributed by atoms with Crippen molar-refractivity contribution >= 4 is 15.9 Å². The minimum atomic E-state index is -4.73. The van der Waals surface area contributed by atoms with E-state index in [1.54, 1.807) is 30.5 Å². The number of hydrogen-bond donors (Lipinski definition) is 0. The highest BCUT2D eigenvalue weighted by molar-refractivity contribution is 7.85. The van der Waals surface area contributed by atoms with E-state index in [1.807, 2.05) is 10.6 Å². The molecule has 0 unspecified atom stereocenters. The minimum absolute atomic E-state index is 0.0819. The number of hydrogen-bond acceptors (Lipinski definition) is 4. The van der Waals surface area contributed by atoms with Crippen LogP contribution in [0.25, 0.3) is 11.3 Å². The van der Waals surface area contributed by atoms with Gasteiger partial charge >= 0.3 is 0 Å². The lowest BCUT2D eigenvalue weighted by atomic mass is 10.0. The van der Waals surface area contributed by atoms with Crippen LogP contribution in [0, 0.1) is 0 Å². The Kier molecular flexibility index (Phi) is 4.54. The van der Waals surface area contributed by atoms with Crippen molar-refractivity contribution < 1.29 is 22.3 Å². The average molecular weight is 317 g/mol. The lowest BCUT2D eigenvalue weighted by Gasteiger charge is -2.14. The van der Waals surface area contributed by atoms with Gasteiger partial charge in [0, 0.05) is 17.7 Å². The summed E-state index contributed by atoms with van der Waals surface area (Å²) in [6.45, 7) is 5.40. The molecule has 0 bridgehead atoms. The predicted molar refractivity (Wildman–Crippen MR) is 80.2 cm³/mol. The number of pyridine rings is 1. The molecule has 6 heteroatoms. The number of carbonyl (C=O) groups is 1. The molecule has 0 aliphatic rings. The molecule has 0 radical (unpaired) electrons. The van der Waals surface area contributed by atoms with Crippen LogP contribution in [0.1, 0.15) is 17.3 Å². The number of allylic oxidation sites excluding steroid dienone is 1. The molecule has 0 saturated carbocycles. The monoisotopic (exact) mass is 317 g/mol. The van der Waals surface area contributed by atoms with Gasteiger partial charge in [0.1, 0.15) is 10.1 Å². The van der Waals surface area contributed by atoms with Gasteiger partial charge in [-0.2, -0.15) is 4.57 Å². The highest BCUT2D eigenvalue weighted by atomic mass is 32.2. The van der Waals surface area contributed by atoms with Gasteiger partial charge in [0.2, 0.25) is 5.69 Å². The van der Waals surface area contributed by atoms with E-state index in [9.17, 15) is 17.8 Å². The van der Waals surface area contributed by atoms with Gasteiger partial charge in [-0.1, -0.05) is 12.6 Å². The molecule has 0 aliphatic heterocycles. The molecule has 0 amide bonds. The minimum Gasteiger partial charge on any atom is -0.744 e. The smallest absolute Gasteiger partial charge is 0.213 e. The molecule has 2 aromatic rings. The van der Waals surface area contributed by atoms with Crippen LogP contribution in [0.3, 0.4) is 0 Å². The van der Waals surface area contributed by atoms with Gasteiger partial charge < -0.3 is 4.55 Å². The van der Waals surface area contributed by atoms with E-state index in [2.05, 4.69) is 6.58 Å². The molecule has 0 atom stereocenters. The number of rotatable bonds is 5. The van der Waals surface area contributed by atoms with E-state index in [1.165, 1.54) is 13.0 Å². The van der Waals surface area contributed by atoms with E-state index < -0.39 is 20.8 Å². The predicted octanol–water partition coefficient (Wildman–Crippen LogP) is 1.93. The van der Waals surface area contributed by atoms with Crippen molar-refractivity contribution in [3.8, 4) is 11.3 Å². The van der Waals surface area contributed by atoms with E-state index in [0.29, 0.717) is 17.8 Å². The first-order valence-electron chi connectivity index (χ1n) is 6.56. The number of benzene rings is 1. The Hall–Kier alpha value is -2.31. The summed E-state index contributed by atoms with van der Waals surface area (Å²) in [6.07, 6.45) is 3.48. The first-order chi connectivity index (χ1) is 10.4. The van der Waals surface area contributed by atoms with Crippen molar-refractivity contribution in [2.45, 2.75) is 18.4 Å². The van der Waals surface area contributed by atoms with Gasteiger partial charge in [-0.05, 0) is 31.2 Å². The summed E-state index contributed by atoms with van der Waals surface area (Å²) < 4.78 is 36.1. The second kappa shape index (κ2) is 6.21. The Bertz CT molecular complexity index is 841. The van der Waals surface area contributed by atoms with Crippen LogP contribution in [0.2, 0.25) is 0 Å². The standard InChI is InChI=1S/C16H15NO4S/c1-3-10-17-11-5-4-8-14(17)13-7-6-9-15(22(19,20)21)16(13)12(2)18/h3-9,11H,1,10H2,2H3. The molecule has 1 aromatic carbocycles. The van der Waals surface area contributed by atoms with E-state index in [0.717, 1.165) is 6.07 Å². The van der Waals surface area contributed by atoms with Crippen molar-refractivity contribution in [2.75, 3.05) is 0 Å². The molecule has 0 aliphatic carbocycles. The van der Waals surface area contributed by atoms with Crippen molar-refractivity contribution in [1.29, 1.82) is 0 Å². The van der Waals surface area contributed by atoms with E-state index in [4.69, 9.17) is 0 Å². The highest BCUT2D eigenvalue weighted by Crippen LogP contribution is 2.27.